The largest absolute Gasteiger partial charge is 0.348 e. The minimum absolute atomic E-state index is 0.0505. The summed E-state index contributed by atoms with van der Waals surface area (Å²) in [7, 11) is 0. The second-order valence-electron chi connectivity index (χ2n) is 6.03. The van der Waals surface area contributed by atoms with Crippen LogP contribution in [0.15, 0.2) is 30.5 Å². The van der Waals surface area contributed by atoms with Crippen molar-refractivity contribution in [2.45, 2.75) is 40.3 Å². The van der Waals surface area contributed by atoms with Crippen molar-refractivity contribution >= 4 is 5.91 Å². The van der Waals surface area contributed by atoms with Crippen LogP contribution in [-0.4, -0.2) is 21.9 Å². The molecule has 1 aromatic rings. The first-order valence-electron chi connectivity index (χ1n) is 6.53. The van der Waals surface area contributed by atoms with Crippen LogP contribution in [0.5, 0.6) is 0 Å². The average Bonchev–Trinajstić information content (AvgIpc) is 2.74. The van der Waals surface area contributed by atoms with Crippen LogP contribution in [0.25, 0.3) is 0 Å². The smallest absolute Gasteiger partial charge is 0.246 e. The Morgan fingerprint density at radius 2 is 2.11 bits per heavy atom. The van der Waals surface area contributed by atoms with Crippen LogP contribution in [0.2, 0.25) is 0 Å². The second kappa shape index (κ2) is 4.63. The third kappa shape index (κ3) is 2.66. The number of amides is 1. The molecule has 0 unspecified atom stereocenters. The summed E-state index contributed by atoms with van der Waals surface area (Å²) in [5.74, 6) is 0.116. The molecule has 0 spiro atoms. The monoisotopic (exact) mass is 246 g/mol. The van der Waals surface area contributed by atoms with Gasteiger partial charge in [0.2, 0.25) is 5.91 Å². The summed E-state index contributed by atoms with van der Waals surface area (Å²) in [6.45, 7) is 10.1. The zero-order chi connectivity index (χ0) is 13.3. The molecule has 2 heterocycles. The molecule has 1 aromatic heterocycles. The number of rotatable bonds is 1. The molecule has 98 valence electrons. The maximum Gasteiger partial charge on any atom is 0.246 e. The van der Waals surface area contributed by atoms with Gasteiger partial charge in [-0.3, -0.25) is 4.79 Å². The number of carbonyl (C=O) groups is 1. The van der Waals surface area contributed by atoms with Gasteiger partial charge >= 0.3 is 0 Å². The lowest BCUT2D eigenvalue weighted by molar-refractivity contribution is -0.129. The van der Waals surface area contributed by atoms with Crippen LogP contribution < -0.4 is 0 Å². The Kier molecular flexibility index (Phi) is 3.33. The Hall–Kier alpha value is -1.51. The van der Waals surface area contributed by atoms with E-state index in [4.69, 9.17) is 0 Å². The van der Waals surface area contributed by atoms with E-state index in [2.05, 4.69) is 44.5 Å². The van der Waals surface area contributed by atoms with Gasteiger partial charge in [-0.25, -0.2) is 0 Å². The van der Waals surface area contributed by atoms with E-state index in [0.717, 1.165) is 13.1 Å². The third-order valence-electron chi connectivity index (χ3n) is 3.35. The summed E-state index contributed by atoms with van der Waals surface area (Å²) >= 11 is 0. The van der Waals surface area contributed by atoms with Gasteiger partial charge in [0.15, 0.2) is 0 Å². The molecule has 0 radical (unpaired) electrons. The van der Waals surface area contributed by atoms with E-state index in [1.54, 1.807) is 6.08 Å². The van der Waals surface area contributed by atoms with Crippen LogP contribution >= 0.6 is 0 Å². The van der Waals surface area contributed by atoms with E-state index in [-0.39, 0.29) is 17.4 Å². The quantitative estimate of drug-likeness (QED) is 0.699. The van der Waals surface area contributed by atoms with Gasteiger partial charge in [0, 0.05) is 25.0 Å². The van der Waals surface area contributed by atoms with Crippen LogP contribution in [0, 0.1) is 5.41 Å². The van der Waals surface area contributed by atoms with Gasteiger partial charge in [-0.1, -0.05) is 26.8 Å². The highest BCUT2D eigenvalue weighted by molar-refractivity contribution is 5.88. The lowest BCUT2D eigenvalue weighted by Gasteiger charge is -2.34. The highest BCUT2D eigenvalue weighted by Gasteiger charge is 2.26. The molecule has 2 rings (SSSR count). The zero-order valence-electron chi connectivity index (χ0n) is 11.7. The van der Waals surface area contributed by atoms with Crippen molar-refractivity contribution in [3.05, 3.63) is 36.2 Å². The fourth-order valence-corrected chi connectivity index (χ4v) is 2.30. The van der Waals surface area contributed by atoms with Crippen molar-refractivity contribution < 1.29 is 4.79 Å². The Balaban J connectivity index is 2.12. The fraction of sp³-hybridized carbons (Fsp3) is 0.533. The fourth-order valence-electron chi connectivity index (χ4n) is 2.30. The Morgan fingerprint density at radius 1 is 1.39 bits per heavy atom. The Labute approximate surface area is 109 Å². The van der Waals surface area contributed by atoms with Crippen LogP contribution in [-0.2, 0) is 11.3 Å². The molecule has 0 saturated carbocycles. The second-order valence-corrected chi connectivity index (χ2v) is 6.03. The summed E-state index contributed by atoms with van der Waals surface area (Å²) in [6.07, 6.45) is 5.78. The normalized spacial score (nSPS) is 20.2. The van der Waals surface area contributed by atoms with Crippen LogP contribution in [0.4, 0.5) is 0 Å². The number of hydrogen-bond acceptors (Lipinski definition) is 1. The van der Waals surface area contributed by atoms with Crippen molar-refractivity contribution in [3.63, 3.8) is 0 Å². The number of hydrogen-bond donors (Lipinski definition) is 0. The lowest BCUT2D eigenvalue weighted by Crippen LogP contribution is -2.39. The van der Waals surface area contributed by atoms with E-state index in [0.29, 0.717) is 0 Å². The number of allylic oxidation sites excluding steroid dienone is 1. The minimum atomic E-state index is 0.0505. The molecule has 0 fully saturated rings. The number of carbonyl (C=O) groups excluding carboxylic acids is 1. The molecular weight excluding hydrogens is 224 g/mol. The van der Waals surface area contributed by atoms with E-state index >= 15 is 0 Å². The number of aromatic nitrogens is 1. The van der Waals surface area contributed by atoms with Gasteiger partial charge in [-0.2, -0.15) is 0 Å². The molecule has 3 heteroatoms. The van der Waals surface area contributed by atoms with E-state index in [1.165, 1.54) is 5.69 Å². The molecular formula is C15H22N2O. The van der Waals surface area contributed by atoms with Gasteiger partial charge in [0.1, 0.15) is 0 Å². The maximum absolute atomic E-state index is 12.2. The number of fused-ring (bicyclic) bond motifs is 1. The molecule has 0 saturated heterocycles. The van der Waals surface area contributed by atoms with Crippen molar-refractivity contribution in [2.24, 2.45) is 5.41 Å². The van der Waals surface area contributed by atoms with Crippen molar-refractivity contribution in [3.8, 4) is 0 Å². The summed E-state index contributed by atoms with van der Waals surface area (Å²) in [4.78, 5) is 14.2. The molecule has 3 nitrogen and oxygen atoms in total. The molecule has 1 aliphatic rings. The van der Waals surface area contributed by atoms with E-state index in [9.17, 15) is 4.79 Å². The molecule has 1 amide bonds. The van der Waals surface area contributed by atoms with Crippen LogP contribution in [0.1, 0.15) is 39.4 Å². The molecule has 0 aliphatic carbocycles. The van der Waals surface area contributed by atoms with E-state index in [1.807, 2.05) is 17.0 Å². The summed E-state index contributed by atoms with van der Waals surface area (Å²) < 4.78 is 2.22. The topological polar surface area (TPSA) is 25.2 Å². The van der Waals surface area contributed by atoms with Crippen molar-refractivity contribution in [1.29, 1.82) is 0 Å². The predicted molar refractivity (Wildman–Crippen MR) is 73.2 cm³/mol. The van der Waals surface area contributed by atoms with Crippen molar-refractivity contribution in [2.75, 3.05) is 6.54 Å². The number of nitrogens with zero attached hydrogens (tertiary/aromatic N) is 2. The van der Waals surface area contributed by atoms with Gasteiger partial charge in [0.25, 0.3) is 0 Å². The first-order valence-corrected chi connectivity index (χ1v) is 6.53. The molecule has 1 aliphatic heterocycles. The van der Waals surface area contributed by atoms with Crippen molar-refractivity contribution in [1.82, 2.24) is 9.47 Å². The molecule has 0 aromatic carbocycles. The Morgan fingerprint density at radius 3 is 2.78 bits per heavy atom. The predicted octanol–water partition coefficient (Wildman–Crippen LogP) is 2.99. The zero-order valence-corrected chi connectivity index (χ0v) is 11.7. The van der Waals surface area contributed by atoms with Gasteiger partial charge < -0.3 is 9.47 Å². The standard InChI is InChI=1S/C15H22N2O/c1-12-13-6-5-9-16(13)10-11-17(12)14(18)7-8-15(2,3)4/h5-9,12H,10-11H2,1-4H3/b8-7+/t12-/m1/s1. The summed E-state index contributed by atoms with van der Waals surface area (Å²) in [5, 5.41) is 0. The first-order chi connectivity index (χ1) is 8.38. The molecule has 0 bridgehead atoms. The van der Waals surface area contributed by atoms with E-state index < -0.39 is 0 Å². The summed E-state index contributed by atoms with van der Waals surface area (Å²) in [5.41, 5.74) is 1.27. The Bertz CT molecular complexity index is 465. The highest BCUT2D eigenvalue weighted by atomic mass is 16.2. The molecule has 1 atom stereocenters. The van der Waals surface area contributed by atoms with Gasteiger partial charge in [-0.15, -0.1) is 0 Å². The van der Waals surface area contributed by atoms with Gasteiger partial charge in [0.05, 0.1) is 6.04 Å². The highest BCUT2D eigenvalue weighted by Crippen LogP contribution is 2.25. The minimum Gasteiger partial charge on any atom is -0.348 e. The average molecular weight is 246 g/mol. The van der Waals surface area contributed by atoms with Gasteiger partial charge in [-0.05, 0) is 30.5 Å². The molecule has 0 N–H and O–H groups in total. The summed E-state index contributed by atoms with van der Waals surface area (Å²) in [6, 6.07) is 4.30. The SMILES string of the molecule is C[C@@H]1c2cccn2CCN1C(=O)/C=C/C(C)(C)C. The maximum atomic E-state index is 12.2. The van der Waals surface area contributed by atoms with Crippen LogP contribution in [0.3, 0.4) is 0 Å². The molecule has 18 heavy (non-hydrogen) atoms. The lowest BCUT2D eigenvalue weighted by atomic mass is 9.96. The third-order valence-corrected chi connectivity index (χ3v) is 3.35. The first kappa shape index (κ1) is 12.9.